The Morgan fingerprint density at radius 3 is 1.74 bits per heavy atom. The zero-order chi connectivity index (χ0) is 41.5. The lowest BCUT2D eigenvalue weighted by atomic mass is 9.87. The fourth-order valence-electron chi connectivity index (χ4n) is 9.98. The number of fused-ring (bicyclic) bond motifs is 9. The Hall–Kier alpha value is -7.50. The summed E-state index contributed by atoms with van der Waals surface area (Å²) in [6, 6.07) is 52.0. The molecule has 4 aromatic heterocycles. The van der Waals surface area contributed by atoms with Crippen molar-refractivity contribution >= 4 is 49.1 Å². The predicted molar refractivity (Wildman–Crippen MR) is 254 cm³/mol. The first-order valence-electron chi connectivity index (χ1n) is 21.0. The normalized spacial score (nSPS) is 11.8. The third-order valence-corrected chi connectivity index (χ3v) is 12.6. The van der Waals surface area contributed by atoms with Gasteiger partial charge in [-0.1, -0.05) is 78.9 Å². The SMILES string of the molecule is Cc1cccc(C)c1-c1cc(-c2c(C)cccc2C)c2c(c1)c1ccc(Oc3ccc4c5ccccc5n(-c5ccccn5)c4c3)cc1c1ncc(-c3c(C)cccc3C)n12. The molecule has 0 aliphatic heterocycles. The lowest BCUT2D eigenvalue weighted by molar-refractivity contribution is 0.484. The Labute approximate surface area is 355 Å². The van der Waals surface area contributed by atoms with Crippen molar-refractivity contribution in [2.24, 2.45) is 0 Å². The molecule has 61 heavy (non-hydrogen) atoms. The molecule has 5 heteroatoms. The highest BCUT2D eigenvalue weighted by atomic mass is 16.5. The van der Waals surface area contributed by atoms with E-state index in [4.69, 9.17) is 14.7 Å². The summed E-state index contributed by atoms with van der Waals surface area (Å²) in [6.07, 6.45) is 3.91. The molecule has 0 saturated carbocycles. The lowest BCUT2D eigenvalue weighted by Gasteiger charge is -2.21. The van der Waals surface area contributed by atoms with E-state index in [0.29, 0.717) is 0 Å². The summed E-state index contributed by atoms with van der Waals surface area (Å²) >= 11 is 0. The van der Waals surface area contributed by atoms with Crippen LogP contribution in [-0.2, 0) is 0 Å². The summed E-state index contributed by atoms with van der Waals surface area (Å²) in [5.74, 6) is 2.36. The molecule has 0 aliphatic carbocycles. The minimum absolute atomic E-state index is 0.742. The molecule has 4 heterocycles. The van der Waals surface area contributed by atoms with Crippen LogP contribution in [-0.4, -0.2) is 18.9 Å². The number of hydrogen-bond donors (Lipinski definition) is 0. The van der Waals surface area contributed by atoms with Gasteiger partial charge in [-0.3, -0.25) is 8.97 Å². The fourth-order valence-corrected chi connectivity index (χ4v) is 9.98. The van der Waals surface area contributed by atoms with Crippen LogP contribution in [0.25, 0.3) is 88.5 Å². The molecule has 0 saturated heterocycles. The summed E-state index contributed by atoms with van der Waals surface area (Å²) in [6.45, 7) is 13.3. The maximum Gasteiger partial charge on any atom is 0.145 e. The van der Waals surface area contributed by atoms with Gasteiger partial charge in [0, 0.05) is 44.9 Å². The van der Waals surface area contributed by atoms with Gasteiger partial charge in [0.25, 0.3) is 0 Å². The zero-order valence-corrected chi connectivity index (χ0v) is 35.2. The smallest absolute Gasteiger partial charge is 0.145 e. The van der Waals surface area contributed by atoms with Gasteiger partial charge in [0.05, 0.1) is 28.4 Å². The van der Waals surface area contributed by atoms with Gasteiger partial charge >= 0.3 is 0 Å². The van der Waals surface area contributed by atoms with Crippen LogP contribution < -0.4 is 4.74 Å². The predicted octanol–water partition coefficient (Wildman–Crippen LogP) is 14.8. The highest BCUT2D eigenvalue weighted by molar-refractivity contribution is 6.18. The van der Waals surface area contributed by atoms with E-state index in [-0.39, 0.29) is 0 Å². The minimum Gasteiger partial charge on any atom is -0.457 e. The van der Waals surface area contributed by atoms with Crippen molar-refractivity contribution in [2.45, 2.75) is 41.5 Å². The van der Waals surface area contributed by atoms with Crippen LogP contribution in [0.4, 0.5) is 0 Å². The second-order valence-corrected chi connectivity index (χ2v) is 16.6. The van der Waals surface area contributed by atoms with Crippen LogP contribution in [0.5, 0.6) is 11.5 Å². The Morgan fingerprint density at radius 2 is 1.05 bits per heavy atom. The number of hydrogen-bond acceptors (Lipinski definition) is 3. The third-order valence-electron chi connectivity index (χ3n) is 12.6. The quantitative estimate of drug-likeness (QED) is 0.158. The molecule has 0 radical (unpaired) electrons. The molecule has 7 aromatic carbocycles. The van der Waals surface area contributed by atoms with Crippen molar-refractivity contribution in [3.8, 4) is 50.8 Å². The first-order valence-corrected chi connectivity index (χ1v) is 21.0. The number of para-hydroxylation sites is 1. The van der Waals surface area contributed by atoms with Crippen molar-refractivity contribution in [1.82, 2.24) is 18.9 Å². The van der Waals surface area contributed by atoms with Gasteiger partial charge in [-0.15, -0.1) is 0 Å². The third kappa shape index (κ3) is 5.76. The summed E-state index contributed by atoms with van der Waals surface area (Å²) in [5, 5.41) is 5.64. The summed E-state index contributed by atoms with van der Waals surface area (Å²) in [5.41, 5.74) is 18.8. The number of imidazole rings is 1. The van der Waals surface area contributed by atoms with E-state index in [9.17, 15) is 0 Å². The first kappa shape index (κ1) is 36.6. The zero-order valence-electron chi connectivity index (χ0n) is 35.2. The summed E-state index contributed by atoms with van der Waals surface area (Å²) in [7, 11) is 0. The van der Waals surface area contributed by atoms with E-state index < -0.39 is 0 Å². The number of aryl methyl sites for hydroxylation is 6. The van der Waals surface area contributed by atoms with Gasteiger partial charge in [-0.25, -0.2) is 9.97 Å². The lowest BCUT2D eigenvalue weighted by Crippen LogP contribution is -2.01. The van der Waals surface area contributed by atoms with E-state index in [0.717, 1.165) is 61.4 Å². The first-order chi connectivity index (χ1) is 29.7. The van der Waals surface area contributed by atoms with Crippen molar-refractivity contribution in [3.05, 3.63) is 191 Å². The molecule has 0 amide bonds. The van der Waals surface area contributed by atoms with Gasteiger partial charge in [0.1, 0.15) is 23.0 Å². The molecule has 0 bridgehead atoms. The van der Waals surface area contributed by atoms with Crippen LogP contribution in [0, 0.1) is 41.5 Å². The standard InChI is InChI=1S/C56H44N4O/c1-33-14-11-15-34(2)52(33)39-28-45-42-25-23-40(61-41-24-26-44-43-20-7-8-21-48(43)59(49(44)31-41)51-22-9-10-27-57-51)30-46(42)56-58-32-50(54-37(5)18-13-19-38(54)6)60(56)55(45)47(29-39)53-35(3)16-12-17-36(53)4/h7-32H,1-6H3. The molecule has 0 fully saturated rings. The molecule has 0 unspecified atom stereocenters. The molecule has 5 nitrogen and oxygen atoms in total. The van der Waals surface area contributed by atoms with E-state index in [1.54, 1.807) is 0 Å². The maximum absolute atomic E-state index is 6.85. The van der Waals surface area contributed by atoms with E-state index in [1.165, 1.54) is 72.0 Å². The second kappa shape index (κ2) is 14.1. The van der Waals surface area contributed by atoms with Crippen molar-refractivity contribution < 1.29 is 4.74 Å². The molecule has 11 rings (SSSR count). The van der Waals surface area contributed by atoms with Crippen molar-refractivity contribution in [2.75, 3.05) is 0 Å². The highest BCUT2D eigenvalue weighted by Crippen LogP contribution is 2.45. The number of pyridine rings is 2. The van der Waals surface area contributed by atoms with Gasteiger partial charge < -0.3 is 4.74 Å². The molecule has 0 N–H and O–H groups in total. The Kier molecular flexibility index (Phi) is 8.43. The topological polar surface area (TPSA) is 44.3 Å². The van der Waals surface area contributed by atoms with Crippen molar-refractivity contribution in [3.63, 3.8) is 0 Å². The average molecular weight is 789 g/mol. The molecular weight excluding hydrogens is 745 g/mol. The molecule has 0 atom stereocenters. The molecule has 11 aromatic rings. The van der Waals surface area contributed by atoms with E-state index in [2.05, 4.69) is 184 Å². The number of rotatable bonds is 6. The van der Waals surface area contributed by atoms with Crippen LogP contribution in [0.2, 0.25) is 0 Å². The minimum atomic E-state index is 0.742. The Bertz CT molecular complexity index is 3510. The molecular formula is C56H44N4O. The maximum atomic E-state index is 6.85. The molecule has 0 aliphatic rings. The van der Waals surface area contributed by atoms with Crippen LogP contribution >= 0.6 is 0 Å². The van der Waals surface area contributed by atoms with Gasteiger partial charge in [-0.2, -0.15) is 0 Å². The second-order valence-electron chi connectivity index (χ2n) is 16.6. The molecule has 294 valence electrons. The molecule has 0 spiro atoms. The van der Waals surface area contributed by atoms with Crippen LogP contribution in [0.15, 0.2) is 158 Å². The monoisotopic (exact) mass is 788 g/mol. The van der Waals surface area contributed by atoms with Crippen LogP contribution in [0.3, 0.4) is 0 Å². The number of aromatic nitrogens is 4. The van der Waals surface area contributed by atoms with Gasteiger partial charge in [-0.05, 0) is 158 Å². The number of benzene rings is 7. The Balaban J connectivity index is 1.20. The van der Waals surface area contributed by atoms with E-state index in [1.807, 2.05) is 24.4 Å². The van der Waals surface area contributed by atoms with Gasteiger partial charge in [0.15, 0.2) is 0 Å². The number of ether oxygens (including phenoxy) is 1. The van der Waals surface area contributed by atoms with E-state index >= 15 is 0 Å². The van der Waals surface area contributed by atoms with Crippen LogP contribution in [0.1, 0.15) is 33.4 Å². The Morgan fingerprint density at radius 1 is 0.443 bits per heavy atom. The average Bonchev–Trinajstić information content (AvgIpc) is 3.83. The summed E-state index contributed by atoms with van der Waals surface area (Å²) < 4.78 is 11.5. The summed E-state index contributed by atoms with van der Waals surface area (Å²) in [4.78, 5) is 10.0. The number of nitrogens with zero attached hydrogens (tertiary/aromatic N) is 4. The van der Waals surface area contributed by atoms with Gasteiger partial charge in [0.2, 0.25) is 0 Å². The fraction of sp³-hybridized carbons (Fsp3) is 0.107. The highest BCUT2D eigenvalue weighted by Gasteiger charge is 2.23. The van der Waals surface area contributed by atoms with Crippen molar-refractivity contribution in [1.29, 1.82) is 0 Å². The largest absolute Gasteiger partial charge is 0.457 e.